The fourth-order valence-corrected chi connectivity index (χ4v) is 4.25. The van der Waals surface area contributed by atoms with E-state index >= 15 is 0 Å². The molecule has 2 atom stereocenters. The van der Waals surface area contributed by atoms with E-state index in [4.69, 9.17) is 4.98 Å². The molecule has 120 valence electrons. The van der Waals surface area contributed by atoms with Crippen molar-refractivity contribution >= 4 is 39.2 Å². The number of halogens is 1. The molecule has 0 saturated heterocycles. The maximum Gasteiger partial charge on any atom is 0.172 e. The predicted molar refractivity (Wildman–Crippen MR) is 93.7 cm³/mol. The Kier molecular flexibility index (Phi) is 4.94. The van der Waals surface area contributed by atoms with Gasteiger partial charge in [-0.2, -0.15) is 5.10 Å². The number of hydrogen-bond acceptors (Lipinski definition) is 5. The quantitative estimate of drug-likeness (QED) is 0.623. The van der Waals surface area contributed by atoms with Crippen LogP contribution in [-0.4, -0.2) is 38.6 Å². The average molecular weight is 385 g/mol. The Morgan fingerprint density at radius 1 is 1.45 bits per heavy atom. The molecule has 0 aliphatic heterocycles. The molecule has 1 saturated carbocycles. The van der Waals surface area contributed by atoms with Gasteiger partial charge in [-0.3, -0.25) is 0 Å². The zero-order valence-electron chi connectivity index (χ0n) is 12.8. The van der Waals surface area contributed by atoms with E-state index in [1.807, 2.05) is 4.52 Å². The minimum atomic E-state index is 0.241. The van der Waals surface area contributed by atoms with Crippen LogP contribution < -0.4 is 5.32 Å². The smallest absolute Gasteiger partial charge is 0.172 e. The molecule has 22 heavy (non-hydrogen) atoms. The first-order valence-corrected chi connectivity index (χ1v) is 9.62. The Hall–Kier alpha value is -0.790. The van der Waals surface area contributed by atoms with Gasteiger partial charge in [0, 0.05) is 24.1 Å². The van der Waals surface area contributed by atoms with E-state index in [-0.39, 0.29) is 6.61 Å². The van der Waals surface area contributed by atoms with Gasteiger partial charge >= 0.3 is 0 Å². The van der Waals surface area contributed by atoms with Crippen LogP contribution in [0.1, 0.15) is 31.2 Å². The van der Waals surface area contributed by atoms with Crippen molar-refractivity contribution in [2.45, 2.75) is 43.7 Å². The molecule has 2 heterocycles. The number of thioether (sulfide) groups is 1. The van der Waals surface area contributed by atoms with Crippen LogP contribution in [0, 0.1) is 12.8 Å². The Morgan fingerprint density at radius 3 is 2.95 bits per heavy atom. The molecule has 1 fully saturated rings. The number of hydrogen-bond donors (Lipinski definition) is 2. The summed E-state index contributed by atoms with van der Waals surface area (Å²) in [6.07, 6.45) is 8.43. The lowest BCUT2D eigenvalue weighted by atomic mass is 9.85. The zero-order chi connectivity index (χ0) is 15.7. The Bertz CT molecular complexity index is 675. The highest BCUT2D eigenvalue weighted by atomic mass is 79.9. The first-order chi connectivity index (χ1) is 10.7. The summed E-state index contributed by atoms with van der Waals surface area (Å²) in [5.41, 5.74) is 1.94. The first kappa shape index (κ1) is 16.1. The zero-order valence-corrected chi connectivity index (χ0v) is 15.2. The summed E-state index contributed by atoms with van der Waals surface area (Å²) >= 11 is 5.19. The van der Waals surface area contributed by atoms with Crippen molar-refractivity contribution in [3.05, 3.63) is 16.2 Å². The fourth-order valence-electron chi connectivity index (χ4n) is 3.19. The molecule has 3 rings (SSSR count). The normalized spacial score (nSPS) is 22.2. The number of fused-ring (bicyclic) bond motifs is 1. The molecular formula is C15H21BrN4OS. The molecule has 0 aromatic carbocycles. The summed E-state index contributed by atoms with van der Waals surface area (Å²) in [5, 5.41) is 18.7. The molecule has 0 radical (unpaired) electrons. The third kappa shape index (κ3) is 2.86. The highest BCUT2D eigenvalue weighted by Crippen LogP contribution is 2.32. The van der Waals surface area contributed by atoms with Gasteiger partial charge in [0.05, 0.1) is 10.7 Å². The van der Waals surface area contributed by atoms with Gasteiger partial charge in [-0.25, -0.2) is 9.50 Å². The van der Waals surface area contributed by atoms with Crippen LogP contribution in [-0.2, 0) is 0 Å². The van der Waals surface area contributed by atoms with Gasteiger partial charge in [-0.05, 0) is 42.0 Å². The number of aliphatic hydroxyl groups is 1. The van der Waals surface area contributed by atoms with E-state index < -0.39 is 0 Å². The van der Waals surface area contributed by atoms with Gasteiger partial charge in [-0.15, -0.1) is 11.8 Å². The topological polar surface area (TPSA) is 62.5 Å². The second-order valence-corrected chi connectivity index (χ2v) is 7.45. The summed E-state index contributed by atoms with van der Waals surface area (Å²) in [4.78, 5) is 4.75. The summed E-state index contributed by atoms with van der Waals surface area (Å²) in [6.45, 7) is 2.32. The van der Waals surface area contributed by atoms with Gasteiger partial charge in [0.15, 0.2) is 5.65 Å². The standard InChI is InChI=1S/C15H21BrN4OS/c1-9-13(18-12-6-4-3-5-10(12)8-21)19-14-11(16)7-17-20(14)15(9)22-2/h7,10,12,21H,3-6,8H2,1-2H3,(H,18,19)/t10-,12-/m0/s1. The molecule has 0 unspecified atom stereocenters. The largest absolute Gasteiger partial charge is 0.396 e. The summed E-state index contributed by atoms with van der Waals surface area (Å²) < 4.78 is 2.77. The van der Waals surface area contributed by atoms with Crippen molar-refractivity contribution in [3.63, 3.8) is 0 Å². The Morgan fingerprint density at radius 2 is 2.23 bits per heavy atom. The number of nitrogens with zero attached hydrogens (tertiary/aromatic N) is 3. The van der Waals surface area contributed by atoms with E-state index in [9.17, 15) is 5.11 Å². The van der Waals surface area contributed by atoms with Crippen LogP contribution in [0.3, 0.4) is 0 Å². The minimum Gasteiger partial charge on any atom is -0.396 e. The SMILES string of the molecule is CSc1c(C)c(N[C@H]2CCCC[C@H]2CO)nc2c(Br)cnn12. The number of rotatable bonds is 4. The number of nitrogens with one attached hydrogen (secondary N) is 1. The van der Waals surface area contributed by atoms with Crippen molar-refractivity contribution in [2.75, 3.05) is 18.2 Å². The van der Waals surface area contributed by atoms with Crippen molar-refractivity contribution in [3.8, 4) is 0 Å². The maximum atomic E-state index is 9.61. The molecule has 1 aliphatic rings. The van der Waals surface area contributed by atoms with E-state index in [1.165, 1.54) is 12.8 Å². The molecule has 5 nitrogen and oxygen atoms in total. The summed E-state index contributed by atoms with van der Waals surface area (Å²) in [5.74, 6) is 1.22. The average Bonchev–Trinajstić information content (AvgIpc) is 2.90. The van der Waals surface area contributed by atoms with E-state index in [1.54, 1.807) is 18.0 Å². The lowest BCUT2D eigenvalue weighted by molar-refractivity contribution is 0.178. The fraction of sp³-hybridized carbons (Fsp3) is 0.600. The number of aliphatic hydroxyl groups excluding tert-OH is 1. The third-order valence-corrected chi connectivity index (χ3v) is 5.87. The first-order valence-electron chi connectivity index (χ1n) is 7.61. The second kappa shape index (κ2) is 6.76. The lowest BCUT2D eigenvalue weighted by Gasteiger charge is -2.31. The third-order valence-electron chi connectivity index (χ3n) is 4.45. The van der Waals surface area contributed by atoms with Crippen molar-refractivity contribution in [1.29, 1.82) is 0 Å². The molecule has 7 heteroatoms. The van der Waals surface area contributed by atoms with Crippen molar-refractivity contribution in [1.82, 2.24) is 14.6 Å². The summed E-state index contributed by atoms with van der Waals surface area (Å²) in [6, 6.07) is 0.295. The number of anilines is 1. The molecular weight excluding hydrogens is 364 g/mol. The van der Waals surface area contributed by atoms with Gasteiger partial charge in [0.25, 0.3) is 0 Å². The van der Waals surface area contributed by atoms with Crippen LogP contribution >= 0.6 is 27.7 Å². The second-order valence-electron chi connectivity index (χ2n) is 5.80. The van der Waals surface area contributed by atoms with Crippen LogP contribution in [0.25, 0.3) is 5.65 Å². The molecule has 0 spiro atoms. The van der Waals surface area contributed by atoms with E-state index in [0.29, 0.717) is 12.0 Å². The van der Waals surface area contributed by atoms with Crippen LogP contribution in [0.5, 0.6) is 0 Å². The Labute approximate surface area is 143 Å². The maximum absolute atomic E-state index is 9.61. The van der Waals surface area contributed by atoms with E-state index in [0.717, 1.165) is 39.4 Å². The molecule has 1 aliphatic carbocycles. The highest BCUT2D eigenvalue weighted by molar-refractivity contribution is 9.10. The van der Waals surface area contributed by atoms with Crippen molar-refractivity contribution in [2.24, 2.45) is 5.92 Å². The van der Waals surface area contributed by atoms with Crippen LogP contribution in [0.4, 0.5) is 5.82 Å². The van der Waals surface area contributed by atoms with Gasteiger partial charge in [0.1, 0.15) is 10.8 Å². The minimum absolute atomic E-state index is 0.241. The van der Waals surface area contributed by atoms with E-state index in [2.05, 4.69) is 39.5 Å². The van der Waals surface area contributed by atoms with Crippen LogP contribution in [0.15, 0.2) is 15.7 Å². The lowest BCUT2D eigenvalue weighted by Crippen LogP contribution is -2.35. The summed E-state index contributed by atoms with van der Waals surface area (Å²) in [7, 11) is 0. The monoisotopic (exact) mass is 384 g/mol. The highest BCUT2D eigenvalue weighted by Gasteiger charge is 2.26. The van der Waals surface area contributed by atoms with Gasteiger partial charge in [0.2, 0.25) is 0 Å². The van der Waals surface area contributed by atoms with Gasteiger partial charge < -0.3 is 10.4 Å². The Balaban J connectivity index is 1.99. The number of aromatic nitrogens is 3. The van der Waals surface area contributed by atoms with Crippen molar-refractivity contribution < 1.29 is 5.11 Å². The molecule has 2 aromatic rings. The molecule has 0 amide bonds. The van der Waals surface area contributed by atoms with Crippen LogP contribution in [0.2, 0.25) is 0 Å². The predicted octanol–water partition coefficient (Wildman–Crippen LogP) is 3.49. The molecule has 2 aromatic heterocycles. The molecule has 0 bridgehead atoms. The van der Waals surface area contributed by atoms with Gasteiger partial charge in [-0.1, -0.05) is 12.8 Å². The molecule has 2 N–H and O–H groups in total.